The van der Waals surface area contributed by atoms with Crippen molar-refractivity contribution in [2.45, 2.75) is 18.7 Å². The minimum atomic E-state index is -5.61. The molecule has 9 heteroatoms. The summed E-state index contributed by atoms with van der Waals surface area (Å²) < 4.78 is 49.3. The van der Waals surface area contributed by atoms with Crippen LogP contribution in [0.5, 0.6) is 5.75 Å². The summed E-state index contributed by atoms with van der Waals surface area (Å²) in [5.41, 5.74) is -3.42. The molecule has 0 bridgehead atoms. The lowest BCUT2D eigenvalue weighted by Gasteiger charge is -2.19. The number of ether oxygens (including phenoxy) is 2. The molecule has 0 unspecified atom stereocenters. The molecule has 2 N–H and O–H groups in total. The summed E-state index contributed by atoms with van der Waals surface area (Å²) in [6.45, 7) is 0.577. The Morgan fingerprint density at radius 3 is 2.50 bits per heavy atom. The van der Waals surface area contributed by atoms with E-state index in [0.29, 0.717) is 18.6 Å². The molecule has 0 amide bonds. The van der Waals surface area contributed by atoms with Gasteiger partial charge in [0, 0.05) is 10.0 Å². The number of rotatable bonds is 8. The number of alkyl halides is 2. The normalized spacial score (nSPS) is 12.2. The van der Waals surface area contributed by atoms with Gasteiger partial charge in [-0.1, -0.05) is 46.3 Å². The maximum absolute atomic E-state index is 13.8. The van der Waals surface area contributed by atoms with Crippen LogP contribution in [-0.2, 0) is 28.0 Å². The fraction of sp³-hybridized carbons (Fsp3) is 0.294. The third-order valence-corrected chi connectivity index (χ3v) is 5.33. The molecule has 0 aliphatic heterocycles. The van der Waals surface area contributed by atoms with Gasteiger partial charge < -0.3 is 19.3 Å². The predicted molar refractivity (Wildman–Crippen MR) is 96.4 cm³/mol. The van der Waals surface area contributed by atoms with Crippen molar-refractivity contribution in [2.24, 2.45) is 0 Å². The van der Waals surface area contributed by atoms with Gasteiger partial charge in [-0.3, -0.25) is 4.57 Å². The number of benzene rings is 2. The topological polar surface area (TPSA) is 76.0 Å². The molecule has 0 aromatic heterocycles. The SMILES string of the molecule is COc1ccccc1CCOCc1ccc(C(F)(F)P(=O)(O)O)c(Br)c1. The summed E-state index contributed by atoms with van der Waals surface area (Å²) >= 11 is 2.94. The quantitative estimate of drug-likeness (QED) is 0.459. The average molecular weight is 451 g/mol. The smallest absolute Gasteiger partial charge is 0.399 e. The number of hydrogen-bond donors (Lipinski definition) is 2. The second-order valence-electron chi connectivity index (χ2n) is 5.51. The first-order valence-corrected chi connectivity index (χ1v) is 9.99. The van der Waals surface area contributed by atoms with E-state index < -0.39 is 18.8 Å². The minimum Gasteiger partial charge on any atom is -0.496 e. The molecule has 26 heavy (non-hydrogen) atoms. The van der Waals surface area contributed by atoms with Gasteiger partial charge in [0.2, 0.25) is 0 Å². The highest BCUT2D eigenvalue weighted by Gasteiger charge is 2.51. The van der Waals surface area contributed by atoms with Crippen LogP contribution < -0.4 is 4.74 Å². The van der Waals surface area contributed by atoms with Crippen molar-refractivity contribution in [1.82, 2.24) is 0 Å². The molecule has 2 aromatic carbocycles. The highest BCUT2D eigenvalue weighted by molar-refractivity contribution is 9.10. The Morgan fingerprint density at radius 2 is 1.88 bits per heavy atom. The first kappa shape index (κ1) is 21.0. The second-order valence-corrected chi connectivity index (χ2v) is 8.02. The van der Waals surface area contributed by atoms with E-state index in [0.717, 1.165) is 17.4 Å². The molecular formula is C17H18BrF2O5P. The summed E-state index contributed by atoms with van der Waals surface area (Å²) in [6, 6.07) is 11.3. The molecule has 0 radical (unpaired) electrons. The third kappa shape index (κ3) is 4.90. The third-order valence-electron chi connectivity index (χ3n) is 3.70. The van der Waals surface area contributed by atoms with E-state index in [2.05, 4.69) is 15.9 Å². The Bertz CT molecular complexity index is 809. The maximum atomic E-state index is 13.8. The highest BCUT2D eigenvalue weighted by Crippen LogP contribution is 2.60. The fourth-order valence-corrected chi connectivity index (χ4v) is 3.67. The predicted octanol–water partition coefficient (Wildman–Crippen LogP) is 4.44. The lowest BCUT2D eigenvalue weighted by Crippen LogP contribution is -2.14. The molecule has 0 aliphatic carbocycles. The van der Waals surface area contributed by atoms with Crippen molar-refractivity contribution in [1.29, 1.82) is 0 Å². The summed E-state index contributed by atoms with van der Waals surface area (Å²) in [4.78, 5) is 17.6. The van der Waals surface area contributed by atoms with Crippen LogP contribution in [0, 0.1) is 0 Å². The van der Waals surface area contributed by atoms with Crippen LogP contribution in [0.1, 0.15) is 16.7 Å². The lowest BCUT2D eigenvalue weighted by molar-refractivity contribution is 0.0556. The maximum Gasteiger partial charge on any atom is 0.399 e. The van der Waals surface area contributed by atoms with Crippen molar-refractivity contribution < 1.29 is 32.6 Å². The second kappa shape index (κ2) is 8.59. The van der Waals surface area contributed by atoms with Crippen LogP contribution in [0.15, 0.2) is 46.9 Å². The van der Waals surface area contributed by atoms with Crippen LogP contribution in [0.4, 0.5) is 8.78 Å². The van der Waals surface area contributed by atoms with Crippen LogP contribution in [-0.4, -0.2) is 23.5 Å². The van der Waals surface area contributed by atoms with Gasteiger partial charge in [0.15, 0.2) is 0 Å². The van der Waals surface area contributed by atoms with Crippen molar-refractivity contribution in [3.8, 4) is 5.75 Å². The van der Waals surface area contributed by atoms with Gasteiger partial charge >= 0.3 is 13.3 Å². The molecule has 0 spiro atoms. The first-order valence-electron chi connectivity index (χ1n) is 7.59. The van der Waals surface area contributed by atoms with Crippen LogP contribution in [0.3, 0.4) is 0 Å². The number of hydrogen-bond acceptors (Lipinski definition) is 3. The Hall–Kier alpha value is -1.31. The molecule has 2 aromatic rings. The van der Waals surface area contributed by atoms with Gasteiger partial charge in [0.25, 0.3) is 0 Å². The van der Waals surface area contributed by atoms with Gasteiger partial charge in [-0.2, -0.15) is 8.78 Å². The summed E-state index contributed by atoms with van der Waals surface area (Å²) in [6.07, 6.45) is 0.625. The van der Waals surface area contributed by atoms with E-state index in [-0.39, 0.29) is 11.1 Å². The summed E-state index contributed by atoms with van der Waals surface area (Å²) in [5.74, 6) is 0.767. The molecular weight excluding hydrogens is 433 g/mol. The number of para-hydroxylation sites is 1. The first-order chi connectivity index (χ1) is 12.2. The van der Waals surface area contributed by atoms with Crippen molar-refractivity contribution in [2.75, 3.05) is 13.7 Å². The zero-order valence-corrected chi connectivity index (χ0v) is 16.3. The molecule has 0 fully saturated rings. The van der Waals surface area contributed by atoms with Crippen LogP contribution in [0.2, 0.25) is 0 Å². The van der Waals surface area contributed by atoms with Gasteiger partial charge in [0.05, 0.1) is 20.3 Å². The number of halogens is 3. The van der Waals surface area contributed by atoms with E-state index in [1.807, 2.05) is 24.3 Å². The lowest BCUT2D eigenvalue weighted by atomic mass is 10.1. The number of methoxy groups -OCH3 is 1. The molecule has 0 heterocycles. The zero-order valence-electron chi connectivity index (χ0n) is 13.9. The summed E-state index contributed by atoms with van der Waals surface area (Å²) in [5, 5.41) is 0. The van der Waals surface area contributed by atoms with Gasteiger partial charge in [-0.15, -0.1) is 0 Å². The van der Waals surface area contributed by atoms with Gasteiger partial charge in [-0.25, -0.2) is 0 Å². The van der Waals surface area contributed by atoms with Gasteiger partial charge in [-0.05, 0) is 29.7 Å². The Labute approximate surface area is 158 Å². The standard InChI is InChI=1S/C17H18BrF2O5P/c1-24-16-5-3-2-4-13(16)8-9-25-11-12-6-7-14(15(18)10-12)17(19,20)26(21,22)23/h2-7,10H,8-9,11H2,1H3,(H2,21,22,23). The van der Waals surface area contributed by atoms with Gasteiger partial charge in [0.1, 0.15) is 5.75 Å². The van der Waals surface area contributed by atoms with E-state index >= 15 is 0 Å². The Balaban J connectivity index is 1.97. The molecule has 0 aliphatic rings. The molecule has 0 atom stereocenters. The van der Waals surface area contributed by atoms with Crippen molar-refractivity contribution >= 4 is 23.5 Å². The monoisotopic (exact) mass is 450 g/mol. The Kier molecular flexibility index (Phi) is 6.93. The fourth-order valence-electron chi connectivity index (χ4n) is 2.33. The molecule has 2 rings (SSSR count). The van der Waals surface area contributed by atoms with Crippen LogP contribution in [0.25, 0.3) is 0 Å². The van der Waals surface area contributed by atoms with E-state index in [4.69, 9.17) is 19.3 Å². The molecule has 142 valence electrons. The minimum absolute atomic E-state index is 0.0864. The molecule has 5 nitrogen and oxygen atoms in total. The van der Waals surface area contributed by atoms with Crippen molar-refractivity contribution in [3.05, 3.63) is 63.6 Å². The average Bonchev–Trinajstić information content (AvgIpc) is 2.58. The molecule has 0 saturated carbocycles. The molecule has 0 saturated heterocycles. The van der Waals surface area contributed by atoms with Crippen molar-refractivity contribution in [3.63, 3.8) is 0 Å². The van der Waals surface area contributed by atoms with E-state index in [9.17, 15) is 13.3 Å². The highest BCUT2D eigenvalue weighted by atomic mass is 79.9. The van der Waals surface area contributed by atoms with E-state index in [1.54, 1.807) is 7.11 Å². The Morgan fingerprint density at radius 1 is 1.19 bits per heavy atom. The largest absolute Gasteiger partial charge is 0.496 e. The van der Waals surface area contributed by atoms with E-state index in [1.165, 1.54) is 12.1 Å². The zero-order chi connectivity index (χ0) is 19.4. The van der Waals surface area contributed by atoms with Crippen LogP contribution >= 0.6 is 23.5 Å². The summed E-state index contributed by atoms with van der Waals surface area (Å²) in [7, 11) is -4.02.